The van der Waals surface area contributed by atoms with Gasteiger partial charge in [0, 0.05) is 18.3 Å². The SMILES string of the molecule is COc1nc(C)cc(NCCc2ccc(F)cc2)n1. The van der Waals surface area contributed by atoms with E-state index >= 15 is 0 Å². The summed E-state index contributed by atoms with van der Waals surface area (Å²) in [6, 6.07) is 8.70. The number of hydrogen-bond donors (Lipinski definition) is 1. The molecule has 0 saturated heterocycles. The number of nitrogens with one attached hydrogen (secondary N) is 1. The van der Waals surface area contributed by atoms with E-state index < -0.39 is 0 Å². The molecule has 0 saturated carbocycles. The molecular weight excluding hydrogens is 245 g/mol. The number of hydrogen-bond acceptors (Lipinski definition) is 4. The summed E-state index contributed by atoms with van der Waals surface area (Å²) in [7, 11) is 1.54. The topological polar surface area (TPSA) is 47.0 Å². The molecule has 4 nitrogen and oxygen atoms in total. The maximum Gasteiger partial charge on any atom is 0.318 e. The zero-order valence-electron chi connectivity index (χ0n) is 11.0. The Bertz CT molecular complexity index is 543. The van der Waals surface area contributed by atoms with Gasteiger partial charge in [-0.2, -0.15) is 4.98 Å². The summed E-state index contributed by atoms with van der Waals surface area (Å²) in [5.74, 6) is 0.513. The van der Waals surface area contributed by atoms with E-state index in [0.717, 1.165) is 23.5 Å². The first-order chi connectivity index (χ1) is 9.17. The van der Waals surface area contributed by atoms with Crippen molar-refractivity contribution in [2.75, 3.05) is 19.0 Å². The molecule has 0 atom stereocenters. The first kappa shape index (κ1) is 13.3. The molecule has 0 aliphatic rings. The predicted molar refractivity (Wildman–Crippen MR) is 71.9 cm³/mol. The molecule has 19 heavy (non-hydrogen) atoms. The van der Waals surface area contributed by atoms with E-state index in [9.17, 15) is 4.39 Å². The van der Waals surface area contributed by atoms with Gasteiger partial charge in [0.2, 0.25) is 0 Å². The molecule has 1 aromatic heterocycles. The minimum Gasteiger partial charge on any atom is -0.467 e. The fraction of sp³-hybridized carbons (Fsp3) is 0.286. The van der Waals surface area contributed by atoms with Crippen LogP contribution < -0.4 is 10.1 Å². The van der Waals surface area contributed by atoms with Crippen molar-refractivity contribution in [1.29, 1.82) is 0 Å². The van der Waals surface area contributed by atoms with Crippen LogP contribution in [0.3, 0.4) is 0 Å². The largest absolute Gasteiger partial charge is 0.467 e. The molecule has 0 fully saturated rings. The average Bonchev–Trinajstić information content (AvgIpc) is 2.40. The van der Waals surface area contributed by atoms with E-state index in [4.69, 9.17) is 4.74 Å². The van der Waals surface area contributed by atoms with Crippen LogP contribution in [0, 0.1) is 12.7 Å². The first-order valence-corrected chi connectivity index (χ1v) is 6.05. The summed E-state index contributed by atoms with van der Waals surface area (Å²) in [4.78, 5) is 8.31. The van der Waals surface area contributed by atoms with Crippen LogP contribution in [0.2, 0.25) is 0 Å². The molecular formula is C14H16FN3O. The Morgan fingerprint density at radius 2 is 1.95 bits per heavy atom. The molecule has 2 aromatic rings. The van der Waals surface area contributed by atoms with Gasteiger partial charge in [-0.15, -0.1) is 0 Å². The number of aryl methyl sites for hydroxylation is 1. The molecule has 100 valence electrons. The normalized spacial score (nSPS) is 10.3. The second-order valence-corrected chi connectivity index (χ2v) is 4.18. The van der Waals surface area contributed by atoms with Gasteiger partial charge in [-0.25, -0.2) is 9.37 Å². The summed E-state index contributed by atoms with van der Waals surface area (Å²) < 4.78 is 17.8. The maximum atomic E-state index is 12.8. The fourth-order valence-electron chi connectivity index (χ4n) is 1.71. The zero-order valence-corrected chi connectivity index (χ0v) is 11.0. The van der Waals surface area contributed by atoms with Crippen LogP contribution in [0.1, 0.15) is 11.3 Å². The lowest BCUT2D eigenvalue weighted by molar-refractivity contribution is 0.379. The number of ether oxygens (including phenoxy) is 1. The van der Waals surface area contributed by atoms with Gasteiger partial charge < -0.3 is 10.1 Å². The van der Waals surface area contributed by atoms with Crippen molar-refractivity contribution in [1.82, 2.24) is 9.97 Å². The molecule has 1 N–H and O–H groups in total. The van der Waals surface area contributed by atoms with Crippen LogP contribution in [-0.2, 0) is 6.42 Å². The first-order valence-electron chi connectivity index (χ1n) is 6.05. The van der Waals surface area contributed by atoms with Crippen molar-refractivity contribution in [2.24, 2.45) is 0 Å². The van der Waals surface area contributed by atoms with Crippen molar-refractivity contribution >= 4 is 5.82 Å². The highest BCUT2D eigenvalue weighted by Crippen LogP contribution is 2.11. The Hall–Kier alpha value is -2.17. The molecule has 0 unspecified atom stereocenters. The third-order valence-corrected chi connectivity index (χ3v) is 2.65. The minimum absolute atomic E-state index is 0.215. The summed E-state index contributed by atoms with van der Waals surface area (Å²) in [5, 5.41) is 3.20. The molecule has 2 rings (SSSR count). The highest BCUT2D eigenvalue weighted by Gasteiger charge is 2.01. The van der Waals surface area contributed by atoms with Gasteiger partial charge in [0.15, 0.2) is 0 Å². The van der Waals surface area contributed by atoms with Crippen LogP contribution in [0.25, 0.3) is 0 Å². The average molecular weight is 261 g/mol. The Balaban J connectivity index is 1.92. The van der Waals surface area contributed by atoms with Crippen molar-refractivity contribution in [3.05, 3.63) is 47.4 Å². The number of benzene rings is 1. The Kier molecular flexibility index (Phi) is 4.28. The van der Waals surface area contributed by atoms with Gasteiger partial charge in [0.25, 0.3) is 0 Å². The van der Waals surface area contributed by atoms with Gasteiger partial charge in [-0.1, -0.05) is 12.1 Å². The highest BCUT2D eigenvalue weighted by molar-refractivity contribution is 5.37. The van der Waals surface area contributed by atoms with Crippen molar-refractivity contribution in [3.63, 3.8) is 0 Å². The van der Waals surface area contributed by atoms with Crippen molar-refractivity contribution < 1.29 is 9.13 Å². The van der Waals surface area contributed by atoms with Gasteiger partial charge in [-0.3, -0.25) is 0 Å². The number of aromatic nitrogens is 2. The van der Waals surface area contributed by atoms with Crippen LogP contribution in [0.15, 0.2) is 30.3 Å². The van der Waals surface area contributed by atoms with Gasteiger partial charge in [0.1, 0.15) is 11.6 Å². The molecule has 0 aliphatic carbocycles. The molecule has 0 bridgehead atoms. The molecule has 5 heteroatoms. The van der Waals surface area contributed by atoms with Crippen LogP contribution in [0.4, 0.5) is 10.2 Å². The number of nitrogens with zero attached hydrogens (tertiary/aromatic N) is 2. The minimum atomic E-state index is -0.215. The van der Waals surface area contributed by atoms with E-state index in [1.54, 1.807) is 12.1 Å². The number of methoxy groups -OCH3 is 1. The Morgan fingerprint density at radius 1 is 1.21 bits per heavy atom. The van der Waals surface area contributed by atoms with Crippen molar-refractivity contribution in [2.45, 2.75) is 13.3 Å². The molecule has 1 heterocycles. The van der Waals surface area contributed by atoms with E-state index in [1.807, 2.05) is 13.0 Å². The quantitative estimate of drug-likeness (QED) is 0.898. The predicted octanol–water partition coefficient (Wildman–Crippen LogP) is 2.59. The summed E-state index contributed by atoms with van der Waals surface area (Å²) >= 11 is 0. The van der Waals surface area contributed by atoms with Crippen LogP contribution in [0.5, 0.6) is 6.01 Å². The number of rotatable bonds is 5. The molecule has 1 aromatic carbocycles. The molecule has 0 spiro atoms. The van der Waals surface area contributed by atoms with E-state index in [-0.39, 0.29) is 5.82 Å². The van der Waals surface area contributed by atoms with Crippen LogP contribution in [-0.4, -0.2) is 23.6 Å². The van der Waals surface area contributed by atoms with E-state index in [0.29, 0.717) is 12.6 Å². The lowest BCUT2D eigenvalue weighted by Gasteiger charge is -2.07. The molecule has 0 amide bonds. The summed E-state index contributed by atoms with van der Waals surface area (Å²) in [6.07, 6.45) is 0.797. The van der Waals surface area contributed by atoms with Crippen LogP contribution >= 0.6 is 0 Å². The standard InChI is InChI=1S/C14H16FN3O/c1-10-9-13(18-14(17-10)19-2)16-8-7-11-3-5-12(15)6-4-11/h3-6,9H,7-8H2,1-2H3,(H,16,17,18). The lowest BCUT2D eigenvalue weighted by atomic mass is 10.1. The number of anilines is 1. The van der Waals surface area contributed by atoms with Gasteiger partial charge in [-0.05, 0) is 31.0 Å². The zero-order chi connectivity index (χ0) is 13.7. The second kappa shape index (κ2) is 6.13. The molecule has 0 radical (unpaired) electrons. The Labute approximate surface area is 111 Å². The maximum absolute atomic E-state index is 12.8. The summed E-state index contributed by atoms with van der Waals surface area (Å²) in [5.41, 5.74) is 1.92. The third-order valence-electron chi connectivity index (χ3n) is 2.65. The Morgan fingerprint density at radius 3 is 2.63 bits per heavy atom. The van der Waals surface area contributed by atoms with E-state index in [2.05, 4.69) is 15.3 Å². The smallest absolute Gasteiger partial charge is 0.318 e. The van der Waals surface area contributed by atoms with Crippen molar-refractivity contribution in [3.8, 4) is 6.01 Å². The summed E-state index contributed by atoms with van der Waals surface area (Å²) in [6.45, 7) is 2.60. The fourth-order valence-corrected chi connectivity index (χ4v) is 1.71. The lowest BCUT2D eigenvalue weighted by Crippen LogP contribution is -2.08. The second-order valence-electron chi connectivity index (χ2n) is 4.18. The van der Waals surface area contributed by atoms with E-state index in [1.165, 1.54) is 19.2 Å². The van der Waals surface area contributed by atoms with Gasteiger partial charge >= 0.3 is 6.01 Å². The number of halogens is 1. The molecule has 0 aliphatic heterocycles. The third kappa shape index (κ3) is 3.91. The monoisotopic (exact) mass is 261 g/mol. The van der Waals surface area contributed by atoms with Gasteiger partial charge in [0.05, 0.1) is 7.11 Å². The highest BCUT2D eigenvalue weighted by atomic mass is 19.1.